The van der Waals surface area contributed by atoms with Gasteiger partial charge in [-0.25, -0.2) is 4.79 Å². The molecule has 0 aliphatic heterocycles. The van der Waals surface area contributed by atoms with Gasteiger partial charge in [-0.1, -0.05) is 0 Å². The van der Waals surface area contributed by atoms with E-state index in [4.69, 9.17) is 28.0 Å². The average Bonchev–Trinajstić information content (AvgIpc) is 2.79. The largest absolute Gasteiger partial charge is 0.481 e. The summed E-state index contributed by atoms with van der Waals surface area (Å²) in [5, 5.41) is 34.9. The molecule has 0 aliphatic carbocycles. The van der Waals surface area contributed by atoms with E-state index in [-0.39, 0.29) is 38.2 Å². The number of rotatable bonds is 18. The Balaban J connectivity index is 5.57. The molecule has 17 nitrogen and oxygen atoms in total. The summed E-state index contributed by atoms with van der Waals surface area (Å²) in [5.74, 6) is -6.48. The van der Waals surface area contributed by atoms with Gasteiger partial charge >= 0.3 is 11.9 Å². The SMILES string of the molecule is CC(O)C(NC(=O)C(N)CCC(N)=O)C(=O)NC(CCCN=C(N)N)C(=O)NC(CCC(=O)O)C(=O)O. The first kappa shape index (κ1) is 33.0. The number of nitrogens with one attached hydrogen (secondary N) is 3. The van der Waals surface area contributed by atoms with Crippen molar-refractivity contribution in [1.29, 1.82) is 0 Å². The standard InChI is InChI=1S/C20H36N8O9/c1-9(29)15(28-16(33)10(21)4-6-13(22)30)18(35)26-11(3-2-8-25-20(23)24)17(34)27-12(19(36)37)5-7-14(31)32/h9-12,15,29H,2-8,21H2,1H3,(H2,22,30)(H,26,35)(H,27,34)(H,28,33)(H,31,32)(H,36,37)(H4,23,24,25). The molecule has 5 unspecified atom stereocenters. The van der Waals surface area contributed by atoms with E-state index >= 15 is 0 Å². The van der Waals surface area contributed by atoms with Crippen molar-refractivity contribution in [2.45, 2.75) is 75.7 Å². The minimum atomic E-state index is -1.57. The third kappa shape index (κ3) is 14.2. The molecular weight excluding hydrogens is 496 g/mol. The molecule has 210 valence electrons. The van der Waals surface area contributed by atoms with Crippen LogP contribution in [0.15, 0.2) is 4.99 Å². The Morgan fingerprint density at radius 1 is 0.811 bits per heavy atom. The number of carbonyl (C=O) groups is 6. The first-order valence-corrected chi connectivity index (χ1v) is 11.3. The smallest absolute Gasteiger partial charge is 0.326 e. The lowest BCUT2D eigenvalue weighted by atomic mass is 10.1. The molecule has 0 heterocycles. The van der Waals surface area contributed by atoms with E-state index in [1.54, 1.807) is 0 Å². The molecule has 0 spiro atoms. The van der Waals surface area contributed by atoms with E-state index in [2.05, 4.69) is 20.9 Å². The highest BCUT2D eigenvalue weighted by molar-refractivity contribution is 5.94. The molecule has 14 N–H and O–H groups in total. The van der Waals surface area contributed by atoms with Crippen molar-refractivity contribution in [3.05, 3.63) is 0 Å². The van der Waals surface area contributed by atoms with Crippen LogP contribution in [0.5, 0.6) is 0 Å². The number of hydrogen-bond donors (Lipinski definition) is 10. The number of aliphatic imine (C=N–C) groups is 1. The summed E-state index contributed by atoms with van der Waals surface area (Å²) in [6.45, 7) is 1.26. The maximum absolute atomic E-state index is 12.9. The van der Waals surface area contributed by atoms with Crippen LogP contribution in [0.1, 0.15) is 45.4 Å². The molecule has 0 aromatic carbocycles. The predicted octanol–water partition coefficient (Wildman–Crippen LogP) is -4.58. The van der Waals surface area contributed by atoms with E-state index in [1.165, 1.54) is 6.92 Å². The van der Waals surface area contributed by atoms with Crippen LogP contribution >= 0.6 is 0 Å². The molecule has 37 heavy (non-hydrogen) atoms. The second-order valence-electron chi connectivity index (χ2n) is 8.18. The lowest BCUT2D eigenvalue weighted by molar-refractivity contribution is -0.143. The predicted molar refractivity (Wildman–Crippen MR) is 128 cm³/mol. The number of carboxylic acids is 2. The second-order valence-corrected chi connectivity index (χ2v) is 8.18. The van der Waals surface area contributed by atoms with Gasteiger partial charge in [0.05, 0.1) is 12.1 Å². The van der Waals surface area contributed by atoms with E-state index in [0.29, 0.717) is 0 Å². The summed E-state index contributed by atoms with van der Waals surface area (Å²) in [5.41, 5.74) is 21.2. The lowest BCUT2D eigenvalue weighted by Gasteiger charge is -2.26. The maximum atomic E-state index is 12.9. The molecule has 0 aromatic rings. The van der Waals surface area contributed by atoms with Crippen molar-refractivity contribution in [3.8, 4) is 0 Å². The van der Waals surface area contributed by atoms with Gasteiger partial charge in [0, 0.05) is 19.4 Å². The van der Waals surface area contributed by atoms with Crippen molar-refractivity contribution in [2.24, 2.45) is 27.9 Å². The van der Waals surface area contributed by atoms with Gasteiger partial charge in [0.2, 0.25) is 23.6 Å². The van der Waals surface area contributed by atoms with Crippen molar-refractivity contribution >= 4 is 41.5 Å². The summed E-state index contributed by atoms with van der Waals surface area (Å²) in [6.07, 6.45) is -2.63. The van der Waals surface area contributed by atoms with Crippen molar-refractivity contribution in [3.63, 3.8) is 0 Å². The zero-order chi connectivity index (χ0) is 28.7. The van der Waals surface area contributed by atoms with Crippen molar-refractivity contribution in [1.82, 2.24) is 16.0 Å². The molecule has 5 atom stereocenters. The Hall–Kier alpha value is -3.99. The van der Waals surface area contributed by atoms with Crippen LogP contribution in [0.25, 0.3) is 0 Å². The van der Waals surface area contributed by atoms with Crippen LogP contribution in [-0.2, 0) is 28.8 Å². The topological polar surface area (TPSA) is 316 Å². The molecule has 17 heteroatoms. The van der Waals surface area contributed by atoms with Gasteiger partial charge in [0.25, 0.3) is 0 Å². The van der Waals surface area contributed by atoms with Crippen LogP contribution in [-0.4, -0.2) is 93.7 Å². The number of primary amides is 1. The number of aliphatic hydroxyl groups excluding tert-OH is 1. The van der Waals surface area contributed by atoms with Crippen molar-refractivity contribution in [2.75, 3.05) is 6.54 Å². The molecule has 0 fully saturated rings. The number of aliphatic hydroxyl groups is 1. The van der Waals surface area contributed by atoms with E-state index < -0.39 is 78.7 Å². The number of carbonyl (C=O) groups excluding carboxylic acids is 4. The number of nitrogens with zero attached hydrogens (tertiary/aromatic N) is 1. The third-order valence-electron chi connectivity index (χ3n) is 4.94. The number of carboxylic acid groups (broad SMARTS) is 2. The van der Waals surface area contributed by atoms with Gasteiger partial charge < -0.3 is 54.2 Å². The number of amides is 4. The normalized spacial score (nSPS) is 14.7. The molecule has 0 bridgehead atoms. The molecule has 4 amide bonds. The molecule has 0 aromatic heterocycles. The van der Waals surface area contributed by atoms with Crippen LogP contribution in [0, 0.1) is 0 Å². The first-order chi connectivity index (χ1) is 17.1. The van der Waals surface area contributed by atoms with Gasteiger partial charge in [-0.15, -0.1) is 0 Å². The molecular formula is C20H36N8O9. The molecule has 0 aliphatic rings. The molecule has 0 radical (unpaired) electrons. The van der Waals surface area contributed by atoms with Crippen molar-refractivity contribution < 1.29 is 44.1 Å². The van der Waals surface area contributed by atoms with E-state index in [0.717, 1.165) is 0 Å². The highest BCUT2D eigenvalue weighted by Crippen LogP contribution is 2.05. The Morgan fingerprint density at radius 3 is 1.89 bits per heavy atom. The van der Waals surface area contributed by atoms with Gasteiger partial charge in [-0.3, -0.25) is 29.0 Å². The maximum Gasteiger partial charge on any atom is 0.326 e. The number of nitrogens with two attached hydrogens (primary N) is 4. The second kappa shape index (κ2) is 16.6. The summed E-state index contributed by atoms with van der Waals surface area (Å²) < 4.78 is 0. The van der Waals surface area contributed by atoms with Gasteiger partial charge in [-0.2, -0.15) is 0 Å². The van der Waals surface area contributed by atoms with E-state index in [1.807, 2.05) is 0 Å². The monoisotopic (exact) mass is 532 g/mol. The fourth-order valence-corrected chi connectivity index (χ4v) is 2.93. The zero-order valence-corrected chi connectivity index (χ0v) is 20.4. The van der Waals surface area contributed by atoms with Gasteiger partial charge in [0.15, 0.2) is 5.96 Å². The Labute approximate surface area is 212 Å². The number of aliphatic carboxylic acids is 2. The Morgan fingerprint density at radius 2 is 1.41 bits per heavy atom. The Kier molecular flexibility index (Phi) is 14.8. The molecule has 0 rings (SSSR count). The minimum absolute atomic E-state index is 0.0641. The summed E-state index contributed by atoms with van der Waals surface area (Å²) in [6, 6.07) is -5.71. The fraction of sp³-hybridized carbons (Fsp3) is 0.650. The average molecular weight is 533 g/mol. The highest BCUT2D eigenvalue weighted by Gasteiger charge is 2.32. The zero-order valence-electron chi connectivity index (χ0n) is 20.4. The highest BCUT2D eigenvalue weighted by atomic mass is 16.4. The Bertz CT molecular complexity index is 861. The van der Waals surface area contributed by atoms with Crippen LogP contribution in [0.4, 0.5) is 0 Å². The van der Waals surface area contributed by atoms with Gasteiger partial charge in [0.1, 0.15) is 18.1 Å². The van der Waals surface area contributed by atoms with Crippen LogP contribution in [0.3, 0.4) is 0 Å². The number of hydrogen-bond acceptors (Lipinski definition) is 9. The quantitative estimate of drug-likeness (QED) is 0.0453. The summed E-state index contributed by atoms with van der Waals surface area (Å²) in [7, 11) is 0. The minimum Gasteiger partial charge on any atom is -0.481 e. The summed E-state index contributed by atoms with van der Waals surface area (Å²) >= 11 is 0. The fourth-order valence-electron chi connectivity index (χ4n) is 2.93. The molecule has 0 saturated carbocycles. The number of guanidine groups is 1. The van der Waals surface area contributed by atoms with E-state index in [9.17, 15) is 39.0 Å². The molecule has 0 saturated heterocycles. The van der Waals surface area contributed by atoms with Crippen LogP contribution < -0.4 is 38.9 Å². The summed E-state index contributed by atoms with van der Waals surface area (Å²) in [4.78, 5) is 74.8. The van der Waals surface area contributed by atoms with Gasteiger partial charge in [-0.05, 0) is 32.6 Å². The lowest BCUT2D eigenvalue weighted by Crippen LogP contribution is -2.59. The third-order valence-corrected chi connectivity index (χ3v) is 4.94. The first-order valence-electron chi connectivity index (χ1n) is 11.3. The van der Waals surface area contributed by atoms with Crippen LogP contribution in [0.2, 0.25) is 0 Å².